The van der Waals surface area contributed by atoms with E-state index < -0.39 is 0 Å². The molecule has 354 valence electrons. The number of carbonyl (C=O) groups excluding carboxylic acids is 3. The number of likely N-dealkylation sites (tertiary alicyclic amines) is 1. The maximum absolute atomic E-state index is 13.2. The van der Waals surface area contributed by atoms with Crippen LogP contribution in [0.25, 0.3) is 0 Å². The number of unbranched alkanes of at least 4 members (excludes halogenated alkanes) is 18. The van der Waals surface area contributed by atoms with Gasteiger partial charge in [-0.2, -0.15) is 0 Å². The monoisotopic (exact) mass is 849 g/mol. The van der Waals surface area contributed by atoms with Gasteiger partial charge in [-0.15, -0.1) is 0 Å². The fourth-order valence-corrected chi connectivity index (χ4v) is 9.16. The Hall–Kier alpha value is -1.83. The van der Waals surface area contributed by atoms with Gasteiger partial charge >= 0.3 is 18.0 Å². The molecule has 1 aliphatic rings. The van der Waals surface area contributed by atoms with Crippen molar-refractivity contribution >= 4 is 18.0 Å². The first-order valence-corrected chi connectivity index (χ1v) is 26.3. The molecule has 0 radical (unpaired) electrons. The highest BCUT2D eigenvalue weighted by atomic mass is 16.6. The largest absolute Gasteiger partial charge is 0.465 e. The second kappa shape index (κ2) is 40.0. The third-order valence-electron chi connectivity index (χ3n) is 13.3. The standard InChI is InChI=1S/C52H100N2O6/c1-7-13-17-21-23-27-36-46(34-25-19-15-9-3)50(55)58-41-31-29-38-48-44-54(52(57)60-43-33-40-53(11-5)12-6)45-49(48)39-30-32-42-59-51(56)47(35-26-20-16-10-4)37-28-24-22-18-14-8-2/h46-49H,7-45H2,1-6H3. The number of carbonyl (C=O) groups is 3. The van der Waals surface area contributed by atoms with Crippen LogP contribution in [0.4, 0.5) is 4.79 Å². The minimum absolute atomic E-state index is 0.0136. The summed E-state index contributed by atoms with van der Waals surface area (Å²) >= 11 is 0. The first-order valence-electron chi connectivity index (χ1n) is 26.3. The molecule has 60 heavy (non-hydrogen) atoms. The second-order valence-corrected chi connectivity index (χ2v) is 18.5. The van der Waals surface area contributed by atoms with Gasteiger partial charge in [0.05, 0.1) is 31.7 Å². The molecule has 0 N–H and O–H groups in total. The number of ether oxygens (including phenoxy) is 3. The van der Waals surface area contributed by atoms with Gasteiger partial charge in [-0.1, -0.05) is 170 Å². The number of hydrogen-bond donors (Lipinski definition) is 0. The Bertz CT molecular complexity index is 943. The van der Waals surface area contributed by atoms with Crippen LogP contribution in [0.5, 0.6) is 0 Å². The Labute approximate surface area is 372 Å². The van der Waals surface area contributed by atoms with Crippen LogP contribution in [-0.2, 0) is 23.8 Å². The number of esters is 2. The van der Waals surface area contributed by atoms with Crippen LogP contribution < -0.4 is 0 Å². The first-order chi connectivity index (χ1) is 29.3. The summed E-state index contributed by atoms with van der Waals surface area (Å²) in [7, 11) is 0. The summed E-state index contributed by atoms with van der Waals surface area (Å²) in [6, 6.07) is 0. The molecule has 0 saturated carbocycles. The van der Waals surface area contributed by atoms with E-state index in [0.29, 0.717) is 31.7 Å². The Morgan fingerprint density at radius 2 is 0.800 bits per heavy atom. The average Bonchev–Trinajstić information content (AvgIpc) is 3.66. The highest BCUT2D eigenvalue weighted by Crippen LogP contribution is 2.32. The number of amides is 1. The van der Waals surface area contributed by atoms with Crippen LogP contribution in [0.2, 0.25) is 0 Å². The van der Waals surface area contributed by atoms with Crippen LogP contribution in [0.3, 0.4) is 0 Å². The molecule has 0 aromatic heterocycles. The molecule has 4 unspecified atom stereocenters. The zero-order chi connectivity index (χ0) is 43.9. The zero-order valence-corrected chi connectivity index (χ0v) is 40.7. The minimum Gasteiger partial charge on any atom is -0.465 e. The summed E-state index contributed by atoms with van der Waals surface area (Å²) in [4.78, 5) is 44.0. The first kappa shape index (κ1) is 56.2. The molecule has 0 aromatic rings. The maximum Gasteiger partial charge on any atom is 0.409 e. The molecule has 1 saturated heterocycles. The molecular formula is C52H100N2O6. The van der Waals surface area contributed by atoms with E-state index in [-0.39, 0.29) is 29.9 Å². The third kappa shape index (κ3) is 28.7. The smallest absolute Gasteiger partial charge is 0.409 e. The van der Waals surface area contributed by atoms with Crippen molar-refractivity contribution in [1.29, 1.82) is 0 Å². The summed E-state index contributed by atoms with van der Waals surface area (Å²) < 4.78 is 17.6. The van der Waals surface area contributed by atoms with Crippen molar-refractivity contribution in [1.82, 2.24) is 9.80 Å². The molecule has 1 amide bonds. The normalized spacial score (nSPS) is 16.4. The van der Waals surface area contributed by atoms with Crippen LogP contribution in [0.15, 0.2) is 0 Å². The van der Waals surface area contributed by atoms with Gasteiger partial charge in [0.25, 0.3) is 0 Å². The predicted molar refractivity (Wildman–Crippen MR) is 252 cm³/mol. The lowest BCUT2D eigenvalue weighted by Crippen LogP contribution is -2.31. The van der Waals surface area contributed by atoms with E-state index in [4.69, 9.17) is 14.2 Å². The molecule has 0 aromatic carbocycles. The van der Waals surface area contributed by atoms with E-state index in [1.165, 1.54) is 103 Å². The Morgan fingerprint density at radius 3 is 1.18 bits per heavy atom. The van der Waals surface area contributed by atoms with Gasteiger partial charge in [-0.3, -0.25) is 9.59 Å². The predicted octanol–water partition coefficient (Wildman–Crippen LogP) is 14.5. The van der Waals surface area contributed by atoms with Gasteiger partial charge in [0.2, 0.25) is 0 Å². The minimum atomic E-state index is -0.185. The van der Waals surface area contributed by atoms with Crippen molar-refractivity contribution in [3.05, 3.63) is 0 Å². The van der Waals surface area contributed by atoms with Gasteiger partial charge in [0.15, 0.2) is 0 Å². The van der Waals surface area contributed by atoms with Crippen molar-refractivity contribution in [2.75, 3.05) is 52.5 Å². The molecule has 0 bridgehead atoms. The van der Waals surface area contributed by atoms with E-state index in [0.717, 1.165) is 129 Å². The van der Waals surface area contributed by atoms with Gasteiger partial charge in [0, 0.05) is 19.6 Å². The maximum atomic E-state index is 13.2. The second-order valence-electron chi connectivity index (χ2n) is 18.5. The Morgan fingerprint density at radius 1 is 0.450 bits per heavy atom. The lowest BCUT2D eigenvalue weighted by Gasteiger charge is -2.19. The fourth-order valence-electron chi connectivity index (χ4n) is 9.16. The van der Waals surface area contributed by atoms with Crippen LogP contribution >= 0.6 is 0 Å². The van der Waals surface area contributed by atoms with Gasteiger partial charge in [0.1, 0.15) is 0 Å². The summed E-state index contributed by atoms with van der Waals surface area (Å²) in [6.45, 7) is 19.1. The fraction of sp³-hybridized carbons (Fsp3) is 0.942. The third-order valence-corrected chi connectivity index (χ3v) is 13.3. The molecule has 1 heterocycles. The molecule has 0 spiro atoms. The van der Waals surface area contributed by atoms with Crippen molar-refractivity contribution < 1.29 is 28.6 Å². The molecule has 1 fully saturated rings. The lowest BCUT2D eigenvalue weighted by atomic mass is 9.87. The van der Waals surface area contributed by atoms with Gasteiger partial charge in [-0.25, -0.2) is 4.79 Å². The van der Waals surface area contributed by atoms with Crippen molar-refractivity contribution in [2.45, 2.75) is 241 Å². The quantitative estimate of drug-likeness (QED) is 0.0343. The van der Waals surface area contributed by atoms with E-state index >= 15 is 0 Å². The number of rotatable bonds is 42. The summed E-state index contributed by atoms with van der Waals surface area (Å²) in [5.41, 5.74) is 0. The van der Waals surface area contributed by atoms with E-state index in [2.05, 4.69) is 46.4 Å². The zero-order valence-electron chi connectivity index (χ0n) is 40.7. The van der Waals surface area contributed by atoms with Crippen LogP contribution in [0.1, 0.15) is 241 Å². The summed E-state index contributed by atoms with van der Waals surface area (Å²) in [5, 5.41) is 0. The lowest BCUT2D eigenvalue weighted by molar-refractivity contribution is -0.150. The SMILES string of the molecule is CCCCCCCCC(CCCCCC)C(=O)OCCCCC1CN(C(=O)OCCCN(CC)CC)CC1CCCCOC(=O)C(CCCCCC)CCCCCCCC. The number of nitrogens with zero attached hydrogens (tertiary/aromatic N) is 2. The van der Waals surface area contributed by atoms with Crippen molar-refractivity contribution in [2.24, 2.45) is 23.7 Å². The Kier molecular flexibility index (Phi) is 37.4. The molecule has 4 atom stereocenters. The highest BCUT2D eigenvalue weighted by Gasteiger charge is 2.35. The average molecular weight is 849 g/mol. The van der Waals surface area contributed by atoms with Gasteiger partial charge in [-0.05, 0) is 95.6 Å². The molecule has 8 nitrogen and oxygen atoms in total. The highest BCUT2D eigenvalue weighted by molar-refractivity contribution is 5.72. The topological polar surface area (TPSA) is 85.4 Å². The van der Waals surface area contributed by atoms with Gasteiger partial charge < -0.3 is 24.0 Å². The summed E-state index contributed by atoms with van der Waals surface area (Å²) in [6.07, 6.45) is 34.7. The van der Waals surface area contributed by atoms with E-state index in [9.17, 15) is 14.4 Å². The van der Waals surface area contributed by atoms with Crippen LogP contribution in [-0.4, -0.2) is 80.4 Å². The molecule has 1 aliphatic heterocycles. The molecule has 0 aliphatic carbocycles. The number of hydrogen-bond acceptors (Lipinski definition) is 7. The molecular weight excluding hydrogens is 749 g/mol. The van der Waals surface area contributed by atoms with Crippen LogP contribution in [0, 0.1) is 23.7 Å². The van der Waals surface area contributed by atoms with Crippen molar-refractivity contribution in [3.8, 4) is 0 Å². The van der Waals surface area contributed by atoms with E-state index in [1.807, 2.05) is 4.90 Å². The Balaban J connectivity index is 2.69. The molecule has 1 rings (SSSR count). The molecule has 8 heteroatoms. The summed E-state index contributed by atoms with van der Waals surface area (Å²) in [5.74, 6) is 0.898. The van der Waals surface area contributed by atoms with Crippen molar-refractivity contribution in [3.63, 3.8) is 0 Å². The van der Waals surface area contributed by atoms with E-state index in [1.54, 1.807) is 0 Å².